The second-order valence-electron chi connectivity index (χ2n) is 9.85. The zero-order valence-corrected chi connectivity index (χ0v) is 20.6. The summed E-state index contributed by atoms with van der Waals surface area (Å²) in [5.41, 5.74) is 3.83. The number of fused-ring (bicyclic) bond motifs is 1. The molecule has 6 rings (SSSR count). The summed E-state index contributed by atoms with van der Waals surface area (Å²) >= 11 is 0. The molecule has 1 saturated carbocycles. The standard InChI is InChI=1S/C29H32N6O/c1-19-9-12-22-23(6-2-8-25(22)33-17-20-10-11-20)27(19)36-28-24(7-4-15-31-28)26-13-16-32-29(35-26)34-21-5-3-14-30-18-21/h2,4,6-9,12-13,15-16,20-21,30,33H,3,5,10-11,14,17-18H2,1H3,(H,32,34,35). The maximum atomic E-state index is 6.56. The first-order valence-corrected chi connectivity index (χ1v) is 12.9. The molecule has 2 aromatic heterocycles. The van der Waals surface area contributed by atoms with E-state index in [1.54, 1.807) is 12.4 Å². The summed E-state index contributed by atoms with van der Waals surface area (Å²) in [6, 6.07) is 16.8. The molecule has 7 heteroatoms. The zero-order valence-electron chi connectivity index (χ0n) is 20.6. The van der Waals surface area contributed by atoms with E-state index in [1.807, 2.05) is 18.2 Å². The van der Waals surface area contributed by atoms with Gasteiger partial charge in [0.15, 0.2) is 0 Å². The normalized spacial score (nSPS) is 17.6. The summed E-state index contributed by atoms with van der Waals surface area (Å²) in [4.78, 5) is 13.9. The van der Waals surface area contributed by atoms with Crippen LogP contribution >= 0.6 is 0 Å². The largest absolute Gasteiger partial charge is 0.437 e. The second kappa shape index (κ2) is 10.1. The van der Waals surface area contributed by atoms with Crippen molar-refractivity contribution >= 4 is 22.4 Å². The van der Waals surface area contributed by atoms with Gasteiger partial charge in [0.1, 0.15) is 5.75 Å². The highest BCUT2D eigenvalue weighted by Crippen LogP contribution is 2.39. The van der Waals surface area contributed by atoms with Gasteiger partial charge in [0.05, 0.1) is 11.3 Å². The molecule has 0 bridgehead atoms. The highest BCUT2D eigenvalue weighted by atomic mass is 16.5. The molecule has 184 valence electrons. The molecule has 1 saturated heterocycles. The molecule has 1 aliphatic heterocycles. The smallest absolute Gasteiger partial charge is 0.228 e. The monoisotopic (exact) mass is 480 g/mol. The van der Waals surface area contributed by atoms with Gasteiger partial charge in [-0.1, -0.05) is 24.3 Å². The molecule has 2 aromatic carbocycles. The number of pyridine rings is 1. The van der Waals surface area contributed by atoms with Gasteiger partial charge in [-0.25, -0.2) is 15.0 Å². The molecule has 3 heterocycles. The molecule has 1 unspecified atom stereocenters. The Hall–Kier alpha value is -3.71. The molecule has 0 amide bonds. The highest BCUT2D eigenvalue weighted by molar-refractivity contribution is 5.98. The Labute approximate surface area is 211 Å². The van der Waals surface area contributed by atoms with E-state index in [9.17, 15) is 0 Å². The molecule has 1 atom stereocenters. The summed E-state index contributed by atoms with van der Waals surface area (Å²) in [6.45, 7) is 5.09. The highest BCUT2D eigenvalue weighted by Gasteiger charge is 2.21. The van der Waals surface area contributed by atoms with Crippen molar-refractivity contribution in [2.45, 2.75) is 38.6 Å². The van der Waals surface area contributed by atoms with Gasteiger partial charge in [-0.15, -0.1) is 0 Å². The molecule has 4 aromatic rings. The van der Waals surface area contributed by atoms with Gasteiger partial charge in [0.25, 0.3) is 0 Å². The van der Waals surface area contributed by atoms with Crippen LogP contribution in [0.4, 0.5) is 11.6 Å². The third kappa shape index (κ3) is 4.97. The van der Waals surface area contributed by atoms with Crippen LogP contribution in [0.25, 0.3) is 22.0 Å². The van der Waals surface area contributed by atoms with E-state index < -0.39 is 0 Å². The van der Waals surface area contributed by atoms with Gasteiger partial charge < -0.3 is 20.7 Å². The Morgan fingerprint density at radius 3 is 2.78 bits per heavy atom. The Balaban J connectivity index is 1.31. The fourth-order valence-corrected chi connectivity index (χ4v) is 4.80. The van der Waals surface area contributed by atoms with Gasteiger partial charge in [0, 0.05) is 48.0 Å². The Kier molecular flexibility index (Phi) is 6.38. The van der Waals surface area contributed by atoms with E-state index in [-0.39, 0.29) is 0 Å². The van der Waals surface area contributed by atoms with Crippen molar-refractivity contribution in [3.63, 3.8) is 0 Å². The average Bonchev–Trinajstić information content (AvgIpc) is 3.75. The molecule has 2 fully saturated rings. The van der Waals surface area contributed by atoms with E-state index in [4.69, 9.17) is 9.72 Å². The molecular formula is C29H32N6O. The van der Waals surface area contributed by atoms with E-state index in [2.05, 4.69) is 63.2 Å². The van der Waals surface area contributed by atoms with Crippen LogP contribution in [0.3, 0.4) is 0 Å². The molecule has 2 aliphatic rings. The summed E-state index contributed by atoms with van der Waals surface area (Å²) in [7, 11) is 0. The van der Waals surface area contributed by atoms with Crippen molar-refractivity contribution in [1.82, 2.24) is 20.3 Å². The number of aryl methyl sites for hydroxylation is 1. The van der Waals surface area contributed by atoms with E-state index >= 15 is 0 Å². The quantitative estimate of drug-likeness (QED) is 0.295. The van der Waals surface area contributed by atoms with E-state index in [0.717, 1.165) is 77.4 Å². The van der Waals surface area contributed by atoms with Gasteiger partial charge >= 0.3 is 0 Å². The number of rotatable bonds is 8. The maximum absolute atomic E-state index is 6.56. The van der Waals surface area contributed by atoms with Crippen LogP contribution < -0.4 is 20.7 Å². The molecular weight excluding hydrogens is 448 g/mol. The van der Waals surface area contributed by atoms with Crippen molar-refractivity contribution in [3.8, 4) is 22.9 Å². The first-order chi connectivity index (χ1) is 17.7. The number of nitrogens with one attached hydrogen (secondary N) is 3. The predicted molar refractivity (Wildman–Crippen MR) is 145 cm³/mol. The fraction of sp³-hybridized carbons (Fsp3) is 0.345. The van der Waals surface area contributed by atoms with Crippen LogP contribution in [-0.4, -0.2) is 40.6 Å². The summed E-state index contributed by atoms with van der Waals surface area (Å²) in [6.07, 6.45) is 8.46. The summed E-state index contributed by atoms with van der Waals surface area (Å²) < 4.78 is 6.56. The number of anilines is 2. The van der Waals surface area contributed by atoms with Gasteiger partial charge in [-0.3, -0.25) is 0 Å². The number of benzene rings is 2. The van der Waals surface area contributed by atoms with Crippen LogP contribution in [-0.2, 0) is 0 Å². The summed E-state index contributed by atoms with van der Waals surface area (Å²) in [5.74, 6) is 2.79. The predicted octanol–water partition coefficient (Wildman–Crippen LogP) is 5.78. The molecule has 0 radical (unpaired) electrons. The fourth-order valence-electron chi connectivity index (χ4n) is 4.80. The van der Waals surface area contributed by atoms with Crippen LogP contribution in [0.1, 0.15) is 31.2 Å². The van der Waals surface area contributed by atoms with Crippen LogP contribution in [0, 0.1) is 12.8 Å². The van der Waals surface area contributed by atoms with E-state index in [0.29, 0.717) is 17.9 Å². The zero-order chi connectivity index (χ0) is 24.3. The lowest BCUT2D eigenvalue weighted by molar-refractivity contribution is 0.466. The van der Waals surface area contributed by atoms with Crippen LogP contribution in [0.15, 0.2) is 60.9 Å². The first-order valence-electron chi connectivity index (χ1n) is 12.9. The van der Waals surface area contributed by atoms with Crippen molar-refractivity contribution in [2.75, 3.05) is 30.3 Å². The lowest BCUT2D eigenvalue weighted by Crippen LogP contribution is -2.38. The average molecular weight is 481 g/mol. The van der Waals surface area contributed by atoms with Crippen molar-refractivity contribution < 1.29 is 4.74 Å². The number of hydrogen-bond donors (Lipinski definition) is 3. The van der Waals surface area contributed by atoms with Gasteiger partial charge in [-0.05, 0) is 74.9 Å². The van der Waals surface area contributed by atoms with Gasteiger partial charge in [-0.2, -0.15) is 0 Å². The number of nitrogens with zero attached hydrogens (tertiary/aromatic N) is 3. The molecule has 3 N–H and O–H groups in total. The Morgan fingerprint density at radius 2 is 1.92 bits per heavy atom. The molecule has 1 aliphatic carbocycles. The lowest BCUT2D eigenvalue weighted by atomic mass is 10.0. The second-order valence-corrected chi connectivity index (χ2v) is 9.85. The van der Waals surface area contributed by atoms with Crippen molar-refractivity contribution in [1.29, 1.82) is 0 Å². The van der Waals surface area contributed by atoms with E-state index in [1.165, 1.54) is 12.8 Å². The van der Waals surface area contributed by atoms with Crippen LogP contribution in [0.5, 0.6) is 11.6 Å². The molecule has 36 heavy (non-hydrogen) atoms. The SMILES string of the molecule is Cc1ccc2c(NCC3CC3)cccc2c1Oc1ncccc1-c1ccnc(NC2CCCNC2)n1. The minimum absolute atomic E-state index is 0.333. The number of piperidine rings is 1. The van der Waals surface area contributed by atoms with Crippen LogP contribution in [0.2, 0.25) is 0 Å². The minimum atomic E-state index is 0.333. The molecule has 0 spiro atoms. The minimum Gasteiger partial charge on any atom is -0.437 e. The lowest BCUT2D eigenvalue weighted by Gasteiger charge is -2.23. The third-order valence-electron chi connectivity index (χ3n) is 7.02. The third-order valence-corrected chi connectivity index (χ3v) is 7.02. The van der Waals surface area contributed by atoms with Crippen molar-refractivity contribution in [3.05, 3.63) is 66.5 Å². The molecule has 7 nitrogen and oxygen atoms in total. The number of ether oxygens (including phenoxy) is 1. The van der Waals surface area contributed by atoms with Gasteiger partial charge in [0.2, 0.25) is 11.8 Å². The summed E-state index contributed by atoms with van der Waals surface area (Å²) in [5, 5.41) is 12.8. The first kappa shape index (κ1) is 22.7. The topological polar surface area (TPSA) is 84.0 Å². The Morgan fingerprint density at radius 1 is 0.972 bits per heavy atom. The number of aromatic nitrogens is 3. The Bertz CT molecular complexity index is 1360. The maximum Gasteiger partial charge on any atom is 0.228 e. The van der Waals surface area contributed by atoms with Crippen molar-refractivity contribution in [2.24, 2.45) is 5.92 Å². The number of hydrogen-bond acceptors (Lipinski definition) is 7.